The summed E-state index contributed by atoms with van der Waals surface area (Å²) >= 11 is 0. The summed E-state index contributed by atoms with van der Waals surface area (Å²) in [5.74, 6) is 0.104. The minimum Gasteiger partial charge on any atom is -0.495 e. The van der Waals surface area contributed by atoms with Crippen LogP contribution in [-0.4, -0.2) is 17.3 Å². The van der Waals surface area contributed by atoms with Crippen LogP contribution < -0.4 is 4.74 Å². The summed E-state index contributed by atoms with van der Waals surface area (Å²) in [4.78, 5) is 0. The third-order valence-corrected chi connectivity index (χ3v) is 3.11. The average molecular weight is 267 g/mol. The molecule has 0 saturated carbocycles. The minimum atomic E-state index is -0.339. The quantitative estimate of drug-likeness (QED) is 0.775. The van der Waals surface area contributed by atoms with Crippen molar-refractivity contribution in [2.45, 2.75) is 0 Å². The lowest BCUT2D eigenvalue weighted by Crippen LogP contribution is -1.90. The second kappa shape index (κ2) is 4.67. The number of nitrogens with zero attached hydrogens (tertiary/aromatic N) is 2. The molecule has 20 heavy (non-hydrogen) atoms. The highest BCUT2D eigenvalue weighted by Gasteiger charge is 2.16. The zero-order valence-electron chi connectivity index (χ0n) is 10.6. The van der Waals surface area contributed by atoms with Crippen LogP contribution in [0.2, 0.25) is 0 Å². The predicted octanol–water partition coefficient (Wildman–Crippen LogP) is 3.25. The van der Waals surface area contributed by atoms with Crippen molar-refractivity contribution in [3.8, 4) is 23.1 Å². The lowest BCUT2D eigenvalue weighted by atomic mass is 10.0. The number of fused-ring (bicyclic) bond motifs is 1. The number of hydrogen-bond donors (Lipinski definition) is 1. The fraction of sp³-hybridized carbons (Fsp3) is 0.0667. The predicted molar refractivity (Wildman–Crippen MR) is 72.8 cm³/mol. The van der Waals surface area contributed by atoms with Crippen LogP contribution >= 0.6 is 0 Å². The number of halogens is 1. The van der Waals surface area contributed by atoms with Gasteiger partial charge in [-0.05, 0) is 24.3 Å². The molecule has 0 bridgehead atoms. The second-order valence-corrected chi connectivity index (χ2v) is 4.26. The molecule has 1 N–H and O–H groups in total. The molecule has 5 heteroatoms. The Morgan fingerprint density at radius 3 is 2.85 bits per heavy atom. The van der Waals surface area contributed by atoms with Crippen LogP contribution in [0.3, 0.4) is 0 Å². The van der Waals surface area contributed by atoms with E-state index in [9.17, 15) is 4.39 Å². The number of hydrogen-bond acceptors (Lipinski definition) is 3. The fourth-order valence-electron chi connectivity index (χ4n) is 2.23. The highest BCUT2D eigenvalue weighted by molar-refractivity contribution is 5.99. The number of nitriles is 1. The van der Waals surface area contributed by atoms with Crippen molar-refractivity contribution in [2.75, 3.05) is 7.11 Å². The van der Waals surface area contributed by atoms with Gasteiger partial charge in [-0.15, -0.1) is 0 Å². The number of aromatic nitrogens is 2. The van der Waals surface area contributed by atoms with Gasteiger partial charge in [0.1, 0.15) is 23.3 Å². The molecule has 98 valence electrons. The molecule has 0 fully saturated rings. The van der Waals surface area contributed by atoms with Crippen LogP contribution in [0.1, 0.15) is 5.56 Å². The van der Waals surface area contributed by atoms with E-state index < -0.39 is 0 Å². The molecular formula is C15H10FN3O. The number of methoxy groups -OCH3 is 1. The van der Waals surface area contributed by atoms with E-state index in [1.807, 2.05) is 0 Å². The molecule has 1 heterocycles. The first kappa shape index (κ1) is 12.2. The van der Waals surface area contributed by atoms with Gasteiger partial charge >= 0.3 is 0 Å². The van der Waals surface area contributed by atoms with Gasteiger partial charge in [-0.1, -0.05) is 12.1 Å². The SMILES string of the molecule is COc1c(C#N)ccc2[nH]nc(-c3cccc(F)c3)c12. The van der Waals surface area contributed by atoms with Crippen LogP contribution in [0, 0.1) is 17.1 Å². The maximum Gasteiger partial charge on any atom is 0.148 e. The van der Waals surface area contributed by atoms with Crippen molar-refractivity contribution in [2.24, 2.45) is 0 Å². The molecule has 0 aliphatic rings. The van der Waals surface area contributed by atoms with Crippen molar-refractivity contribution in [1.29, 1.82) is 5.26 Å². The van der Waals surface area contributed by atoms with Gasteiger partial charge in [-0.2, -0.15) is 10.4 Å². The van der Waals surface area contributed by atoms with E-state index in [-0.39, 0.29) is 5.82 Å². The van der Waals surface area contributed by atoms with E-state index in [0.29, 0.717) is 28.0 Å². The Bertz CT molecular complexity index is 833. The Hall–Kier alpha value is -2.87. The van der Waals surface area contributed by atoms with Crippen LogP contribution in [0.25, 0.3) is 22.2 Å². The van der Waals surface area contributed by atoms with Crippen molar-refractivity contribution in [3.63, 3.8) is 0 Å². The Morgan fingerprint density at radius 2 is 2.15 bits per heavy atom. The number of nitrogens with one attached hydrogen (secondary N) is 1. The first-order valence-electron chi connectivity index (χ1n) is 5.95. The molecule has 0 saturated heterocycles. The third kappa shape index (κ3) is 1.79. The molecule has 0 aliphatic heterocycles. The molecule has 4 nitrogen and oxygen atoms in total. The van der Waals surface area contributed by atoms with E-state index in [4.69, 9.17) is 10.00 Å². The van der Waals surface area contributed by atoms with Crippen LogP contribution in [0.15, 0.2) is 36.4 Å². The van der Waals surface area contributed by atoms with Gasteiger partial charge in [0.05, 0.1) is 23.6 Å². The molecule has 0 unspecified atom stereocenters. The summed E-state index contributed by atoms with van der Waals surface area (Å²) in [6, 6.07) is 11.6. The number of benzene rings is 2. The van der Waals surface area contributed by atoms with Gasteiger partial charge in [0, 0.05) is 5.56 Å². The summed E-state index contributed by atoms with van der Waals surface area (Å²) in [5, 5.41) is 16.9. The highest BCUT2D eigenvalue weighted by atomic mass is 19.1. The Balaban J connectivity index is 2.35. The van der Waals surface area contributed by atoms with Crippen molar-refractivity contribution in [3.05, 3.63) is 47.8 Å². The highest BCUT2D eigenvalue weighted by Crippen LogP contribution is 2.35. The molecule has 0 aliphatic carbocycles. The number of rotatable bonds is 2. The Kier molecular flexibility index (Phi) is 2.84. The molecule has 1 aromatic heterocycles. The molecule has 3 aromatic rings. The van der Waals surface area contributed by atoms with E-state index >= 15 is 0 Å². The first-order valence-corrected chi connectivity index (χ1v) is 5.95. The molecule has 0 amide bonds. The fourth-order valence-corrected chi connectivity index (χ4v) is 2.23. The molecule has 0 radical (unpaired) electrons. The molecule has 0 spiro atoms. The van der Waals surface area contributed by atoms with E-state index in [2.05, 4.69) is 16.3 Å². The largest absolute Gasteiger partial charge is 0.495 e. The molecular weight excluding hydrogens is 257 g/mol. The molecule has 3 rings (SSSR count). The van der Waals surface area contributed by atoms with E-state index in [0.717, 1.165) is 5.52 Å². The van der Waals surface area contributed by atoms with Crippen molar-refractivity contribution >= 4 is 10.9 Å². The summed E-state index contributed by atoms with van der Waals surface area (Å²) in [6.45, 7) is 0. The van der Waals surface area contributed by atoms with Crippen LogP contribution in [0.4, 0.5) is 4.39 Å². The lowest BCUT2D eigenvalue weighted by molar-refractivity contribution is 0.418. The molecule has 0 atom stereocenters. The normalized spacial score (nSPS) is 10.4. The third-order valence-electron chi connectivity index (χ3n) is 3.11. The van der Waals surface area contributed by atoms with Gasteiger partial charge in [-0.25, -0.2) is 4.39 Å². The van der Waals surface area contributed by atoms with E-state index in [1.165, 1.54) is 19.2 Å². The summed E-state index contributed by atoms with van der Waals surface area (Å²) in [6.07, 6.45) is 0. The second-order valence-electron chi connectivity index (χ2n) is 4.26. The van der Waals surface area contributed by atoms with Crippen molar-refractivity contribution in [1.82, 2.24) is 10.2 Å². The zero-order chi connectivity index (χ0) is 14.1. The first-order chi connectivity index (χ1) is 9.74. The van der Waals surface area contributed by atoms with E-state index in [1.54, 1.807) is 24.3 Å². The minimum absolute atomic E-state index is 0.339. The Labute approximate surface area is 114 Å². The zero-order valence-corrected chi connectivity index (χ0v) is 10.6. The Morgan fingerprint density at radius 1 is 1.30 bits per heavy atom. The average Bonchev–Trinajstić information content (AvgIpc) is 2.90. The smallest absolute Gasteiger partial charge is 0.148 e. The summed E-state index contributed by atoms with van der Waals surface area (Å²) in [5.41, 5.74) is 2.34. The lowest BCUT2D eigenvalue weighted by Gasteiger charge is -2.06. The maximum absolute atomic E-state index is 13.4. The van der Waals surface area contributed by atoms with Gasteiger partial charge in [0.2, 0.25) is 0 Å². The monoisotopic (exact) mass is 267 g/mol. The van der Waals surface area contributed by atoms with Gasteiger partial charge in [-0.3, -0.25) is 5.10 Å². The summed E-state index contributed by atoms with van der Waals surface area (Å²) in [7, 11) is 1.50. The summed E-state index contributed by atoms with van der Waals surface area (Å²) < 4.78 is 18.7. The maximum atomic E-state index is 13.4. The molecule has 2 aromatic carbocycles. The van der Waals surface area contributed by atoms with Crippen molar-refractivity contribution < 1.29 is 9.13 Å². The topological polar surface area (TPSA) is 61.7 Å². The standard InChI is InChI=1S/C15H10FN3O/c1-20-15-10(8-17)5-6-12-13(15)14(19-18-12)9-3-2-4-11(16)7-9/h2-7H,1H3,(H,18,19). The van der Waals surface area contributed by atoms with Gasteiger partial charge in [0.25, 0.3) is 0 Å². The van der Waals surface area contributed by atoms with Crippen LogP contribution in [-0.2, 0) is 0 Å². The van der Waals surface area contributed by atoms with Gasteiger partial charge in [0.15, 0.2) is 0 Å². The number of aromatic amines is 1. The number of ether oxygens (including phenoxy) is 1. The van der Waals surface area contributed by atoms with Gasteiger partial charge < -0.3 is 4.74 Å². The number of H-pyrrole nitrogens is 1. The van der Waals surface area contributed by atoms with Crippen LogP contribution in [0.5, 0.6) is 5.75 Å².